The van der Waals surface area contributed by atoms with Crippen molar-refractivity contribution in [1.29, 1.82) is 0 Å². The summed E-state index contributed by atoms with van der Waals surface area (Å²) in [6.45, 7) is 9.36. The molecular formula is C20H36O3. The van der Waals surface area contributed by atoms with Gasteiger partial charge in [0.2, 0.25) is 0 Å². The van der Waals surface area contributed by atoms with Crippen LogP contribution in [0.4, 0.5) is 0 Å². The fraction of sp³-hybridized carbons (Fsp3) is 0.850. The van der Waals surface area contributed by atoms with E-state index in [0.717, 1.165) is 19.3 Å². The van der Waals surface area contributed by atoms with E-state index in [4.69, 9.17) is 0 Å². The third-order valence-corrected chi connectivity index (χ3v) is 5.01. The lowest BCUT2D eigenvalue weighted by Gasteiger charge is -2.35. The molecule has 0 aromatic heterocycles. The number of unbranched alkanes of at least 4 members (excludes halogenated alkanes) is 5. The lowest BCUT2D eigenvalue weighted by atomic mass is 9.63. The van der Waals surface area contributed by atoms with E-state index >= 15 is 0 Å². The Bertz CT molecular complexity index is 344. The normalized spacial score (nSPS) is 12.9. The number of carbonyl (C=O) groups is 3. The van der Waals surface area contributed by atoms with Crippen molar-refractivity contribution in [1.82, 2.24) is 0 Å². The van der Waals surface area contributed by atoms with Crippen LogP contribution in [-0.2, 0) is 14.4 Å². The molecule has 0 aliphatic rings. The molecule has 134 valence electrons. The van der Waals surface area contributed by atoms with E-state index < -0.39 is 5.41 Å². The summed E-state index contributed by atoms with van der Waals surface area (Å²) >= 11 is 0. The summed E-state index contributed by atoms with van der Waals surface area (Å²) in [5, 5.41) is 0. The zero-order chi connectivity index (χ0) is 17.9. The molecule has 0 spiro atoms. The summed E-state index contributed by atoms with van der Waals surface area (Å²) in [6, 6.07) is 0. The van der Waals surface area contributed by atoms with Crippen LogP contribution in [-0.4, -0.2) is 17.3 Å². The molecule has 3 nitrogen and oxygen atoms in total. The Kier molecular flexibility index (Phi) is 11.0. The maximum Gasteiger partial charge on any atom is 0.153 e. The van der Waals surface area contributed by atoms with Gasteiger partial charge in [0.15, 0.2) is 17.3 Å². The van der Waals surface area contributed by atoms with Crippen LogP contribution in [0.25, 0.3) is 0 Å². The predicted octanol–water partition coefficient (Wildman–Crippen LogP) is 5.30. The monoisotopic (exact) mass is 324 g/mol. The highest BCUT2D eigenvalue weighted by molar-refractivity contribution is 6.24. The lowest BCUT2D eigenvalue weighted by Crippen LogP contribution is -2.50. The van der Waals surface area contributed by atoms with Crippen LogP contribution in [0.5, 0.6) is 0 Å². The highest BCUT2D eigenvalue weighted by Gasteiger charge is 2.52. The number of hydrogen-bond acceptors (Lipinski definition) is 3. The maximum atomic E-state index is 12.6. The molecule has 0 radical (unpaired) electrons. The average molecular weight is 325 g/mol. The largest absolute Gasteiger partial charge is 0.298 e. The number of rotatable bonds is 14. The molecule has 0 aromatic rings. The molecule has 0 saturated heterocycles. The molecule has 23 heavy (non-hydrogen) atoms. The van der Waals surface area contributed by atoms with Crippen molar-refractivity contribution in [2.75, 3.05) is 0 Å². The molecule has 3 heteroatoms. The predicted molar refractivity (Wildman–Crippen MR) is 95.5 cm³/mol. The summed E-state index contributed by atoms with van der Waals surface area (Å²) in [5.41, 5.74) is -1.39. The van der Waals surface area contributed by atoms with Gasteiger partial charge in [-0.25, -0.2) is 0 Å². The van der Waals surface area contributed by atoms with Crippen molar-refractivity contribution in [3.63, 3.8) is 0 Å². The molecule has 0 bridgehead atoms. The fourth-order valence-corrected chi connectivity index (χ4v) is 3.57. The van der Waals surface area contributed by atoms with Crippen LogP contribution in [0.15, 0.2) is 0 Å². The molecule has 0 aliphatic carbocycles. The van der Waals surface area contributed by atoms with E-state index in [0.29, 0.717) is 0 Å². The molecule has 0 aromatic carbocycles. The van der Waals surface area contributed by atoms with Gasteiger partial charge in [-0.15, -0.1) is 0 Å². The van der Waals surface area contributed by atoms with Crippen molar-refractivity contribution in [3.05, 3.63) is 0 Å². The summed E-state index contributed by atoms with van der Waals surface area (Å²) in [5.74, 6) is -0.750. The minimum absolute atomic E-state index is 0.185. The quantitative estimate of drug-likeness (QED) is 0.322. The van der Waals surface area contributed by atoms with Crippen molar-refractivity contribution in [3.8, 4) is 0 Å². The Morgan fingerprint density at radius 2 is 1.09 bits per heavy atom. The van der Waals surface area contributed by atoms with Crippen molar-refractivity contribution in [2.45, 2.75) is 98.8 Å². The zero-order valence-electron chi connectivity index (χ0n) is 15.9. The smallest absolute Gasteiger partial charge is 0.153 e. The molecule has 1 atom stereocenters. The van der Waals surface area contributed by atoms with Crippen molar-refractivity contribution >= 4 is 17.3 Å². The number of ketones is 3. The second-order valence-electron chi connectivity index (χ2n) is 6.60. The standard InChI is InChI=1S/C20H36O3/c1-6-10-11-12-13-14-15-16(5)20(17(21)7-2,18(22)8-3)19(23)9-4/h16H,6-15H2,1-5H3. The van der Waals surface area contributed by atoms with Gasteiger partial charge in [0, 0.05) is 19.3 Å². The van der Waals surface area contributed by atoms with Gasteiger partial charge < -0.3 is 0 Å². The topological polar surface area (TPSA) is 51.2 Å². The van der Waals surface area contributed by atoms with E-state index in [1.807, 2.05) is 6.92 Å². The lowest BCUT2D eigenvalue weighted by molar-refractivity contribution is -0.153. The van der Waals surface area contributed by atoms with E-state index in [1.165, 1.54) is 25.7 Å². The molecule has 0 amide bonds. The first kappa shape index (κ1) is 22.0. The number of hydrogen-bond donors (Lipinski definition) is 0. The van der Waals surface area contributed by atoms with Gasteiger partial charge in [-0.1, -0.05) is 73.1 Å². The van der Waals surface area contributed by atoms with Crippen LogP contribution >= 0.6 is 0 Å². The summed E-state index contributed by atoms with van der Waals surface area (Å²) < 4.78 is 0. The second-order valence-corrected chi connectivity index (χ2v) is 6.60. The molecule has 0 rings (SSSR count). The molecule has 0 saturated carbocycles. The van der Waals surface area contributed by atoms with Crippen LogP contribution in [0.3, 0.4) is 0 Å². The molecular weight excluding hydrogens is 288 g/mol. The van der Waals surface area contributed by atoms with Crippen LogP contribution in [0.1, 0.15) is 98.8 Å². The maximum absolute atomic E-state index is 12.6. The van der Waals surface area contributed by atoms with Crippen molar-refractivity contribution < 1.29 is 14.4 Å². The Morgan fingerprint density at radius 3 is 1.48 bits per heavy atom. The zero-order valence-corrected chi connectivity index (χ0v) is 15.9. The minimum atomic E-state index is -1.39. The second kappa shape index (κ2) is 11.5. The Labute approximate surface area is 142 Å². The van der Waals surface area contributed by atoms with Crippen LogP contribution in [0.2, 0.25) is 0 Å². The first-order valence-electron chi connectivity index (χ1n) is 9.53. The fourth-order valence-electron chi connectivity index (χ4n) is 3.57. The molecule has 1 unspecified atom stereocenters. The van der Waals surface area contributed by atoms with Gasteiger partial charge >= 0.3 is 0 Å². The van der Waals surface area contributed by atoms with Crippen LogP contribution in [0, 0.1) is 11.3 Å². The van der Waals surface area contributed by atoms with Crippen molar-refractivity contribution in [2.24, 2.45) is 11.3 Å². The summed E-state index contributed by atoms with van der Waals surface area (Å²) in [4.78, 5) is 37.8. The molecule has 0 N–H and O–H groups in total. The van der Waals surface area contributed by atoms with E-state index in [2.05, 4.69) is 6.92 Å². The molecule has 0 fully saturated rings. The van der Waals surface area contributed by atoms with Gasteiger partial charge in [-0.05, 0) is 12.3 Å². The summed E-state index contributed by atoms with van der Waals surface area (Å²) in [6.07, 6.45) is 8.53. The number of Topliss-reactive ketones (excluding diaryl/α,β-unsaturated/α-hetero) is 3. The Hall–Kier alpha value is -0.990. The van der Waals surface area contributed by atoms with E-state index in [-0.39, 0.29) is 42.5 Å². The average Bonchev–Trinajstić information content (AvgIpc) is 2.57. The first-order valence-corrected chi connectivity index (χ1v) is 9.53. The SMILES string of the molecule is CCCCCCCCC(C)C(C(=O)CC)(C(=O)CC)C(=O)CC. The third-order valence-electron chi connectivity index (χ3n) is 5.01. The summed E-state index contributed by atoms with van der Waals surface area (Å²) in [7, 11) is 0. The van der Waals surface area contributed by atoms with E-state index in [1.54, 1.807) is 20.8 Å². The van der Waals surface area contributed by atoms with Gasteiger partial charge in [0.1, 0.15) is 5.41 Å². The highest BCUT2D eigenvalue weighted by Crippen LogP contribution is 2.38. The Morgan fingerprint density at radius 1 is 0.696 bits per heavy atom. The van der Waals surface area contributed by atoms with Gasteiger partial charge in [0.05, 0.1) is 0 Å². The first-order chi connectivity index (χ1) is 10.9. The number of carbonyl (C=O) groups excluding carboxylic acids is 3. The van der Waals surface area contributed by atoms with E-state index in [9.17, 15) is 14.4 Å². The van der Waals surface area contributed by atoms with Gasteiger partial charge in [-0.3, -0.25) is 14.4 Å². The minimum Gasteiger partial charge on any atom is -0.298 e. The Balaban J connectivity index is 5.07. The highest BCUT2D eigenvalue weighted by atomic mass is 16.2. The van der Waals surface area contributed by atoms with Gasteiger partial charge in [-0.2, -0.15) is 0 Å². The third kappa shape index (κ3) is 5.54. The molecule has 0 heterocycles. The molecule has 0 aliphatic heterocycles. The van der Waals surface area contributed by atoms with Gasteiger partial charge in [0.25, 0.3) is 0 Å². The van der Waals surface area contributed by atoms with Crippen LogP contribution < -0.4 is 0 Å².